The van der Waals surface area contributed by atoms with Crippen LogP contribution in [0.2, 0.25) is 0 Å². The number of aliphatic hydroxyl groups excluding tert-OH is 4. The maximum absolute atomic E-state index is 9.94. The molecule has 18 heavy (non-hydrogen) atoms. The molecule has 2 aliphatic rings. The first-order chi connectivity index (χ1) is 8.63. The fourth-order valence-electron chi connectivity index (χ4n) is 3.05. The Morgan fingerprint density at radius 3 is 2.17 bits per heavy atom. The smallest absolute Gasteiger partial charge is 0.109 e. The SMILES string of the molecule is OCC1CC(OC2CCCCC2)[C@@H](O)[C@@H](O)C1O. The predicted octanol–water partition coefficient (Wildman–Crippen LogP) is -0.201. The van der Waals surface area contributed by atoms with E-state index in [9.17, 15) is 20.4 Å². The topological polar surface area (TPSA) is 90.2 Å². The van der Waals surface area contributed by atoms with Gasteiger partial charge in [-0.3, -0.25) is 0 Å². The van der Waals surface area contributed by atoms with Crippen molar-refractivity contribution in [2.24, 2.45) is 5.92 Å². The molecule has 2 aliphatic carbocycles. The molecule has 4 N–H and O–H groups in total. The number of ether oxygens (including phenoxy) is 1. The molecule has 0 aliphatic heterocycles. The molecule has 2 saturated carbocycles. The van der Waals surface area contributed by atoms with Crippen molar-refractivity contribution in [1.82, 2.24) is 0 Å². The van der Waals surface area contributed by atoms with E-state index in [1.807, 2.05) is 0 Å². The van der Waals surface area contributed by atoms with Crippen molar-refractivity contribution in [1.29, 1.82) is 0 Å². The van der Waals surface area contributed by atoms with Gasteiger partial charge in [0.2, 0.25) is 0 Å². The highest BCUT2D eigenvalue weighted by Crippen LogP contribution is 2.31. The van der Waals surface area contributed by atoms with Gasteiger partial charge >= 0.3 is 0 Å². The van der Waals surface area contributed by atoms with Gasteiger partial charge in [-0.2, -0.15) is 0 Å². The van der Waals surface area contributed by atoms with Gasteiger partial charge in [0.05, 0.1) is 18.3 Å². The van der Waals surface area contributed by atoms with Crippen LogP contribution in [0.15, 0.2) is 0 Å². The minimum atomic E-state index is -1.23. The van der Waals surface area contributed by atoms with Crippen LogP contribution in [-0.2, 0) is 4.74 Å². The predicted molar refractivity (Wildman–Crippen MR) is 65.0 cm³/mol. The number of rotatable bonds is 3. The van der Waals surface area contributed by atoms with Crippen LogP contribution in [0.5, 0.6) is 0 Å². The highest BCUT2D eigenvalue weighted by atomic mass is 16.5. The Morgan fingerprint density at radius 2 is 1.56 bits per heavy atom. The summed E-state index contributed by atoms with van der Waals surface area (Å²) in [6.07, 6.45) is 2.18. The number of hydrogen-bond acceptors (Lipinski definition) is 5. The van der Waals surface area contributed by atoms with E-state index in [2.05, 4.69) is 0 Å². The van der Waals surface area contributed by atoms with Gasteiger partial charge < -0.3 is 25.2 Å². The molecule has 0 aromatic carbocycles. The molecule has 0 spiro atoms. The molecule has 0 saturated heterocycles. The lowest BCUT2D eigenvalue weighted by Gasteiger charge is -2.41. The molecule has 2 fully saturated rings. The average molecular weight is 260 g/mol. The van der Waals surface area contributed by atoms with Gasteiger partial charge in [0, 0.05) is 12.5 Å². The van der Waals surface area contributed by atoms with E-state index in [0.29, 0.717) is 6.42 Å². The molecule has 0 aromatic rings. The molecule has 0 heterocycles. The molecule has 5 atom stereocenters. The largest absolute Gasteiger partial charge is 0.396 e. The molecule has 5 nitrogen and oxygen atoms in total. The summed E-state index contributed by atoms with van der Waals surface area (Å²) in [4.78, 5) is 0. The van der Waals surface area contributed by atoms with Crippen molar-refractivity contribution >= 4 is 0 Å². The third kappa shape index (κ3) is 3.03. The molecule has 0 bridgehead atoms. The number of aliphatic hydroxyl groups is 4. The van der Waals surface area contributed by atoms with E-state index < -0.39 is 30.3 Å². The van der Waals surface area contributed by atoms with Gasteiger partial charge in [0.15, 0.2) is 0 Å². The van der Waals surface area contributed by atoms with Gasteiger partial charge in [-0.05, 0) is 19.3 Å². The highest BCUT2D eigenvalue weighted by molar-refractivity contribution is 4.93. The van der Waals surface area contributed by atoms with Gasteiger partial charge in [-0.25, -0.2) is 0 Å². The molecule has 3 unspecified atom stereocenters. The van der Waals surface area contributed by atoms with Crippen LogP contribution in [0.4, 0.5) is 0 Å². The molecule has 0 aromatic heterocycles. The Labute approximate surface area is 107 Å². The Kier molecular flexibility index (Phi) is 4.98. The lowest BCUT2D eigenvalue weighted by Crippen LogP contribution is -2.55. The second-order valence-electron chi connectivity index (χ2n) is 5.58. The minimum Gasteiger partial charge on any atom is -0.396 e. The van der Waals surface area contributed by atoms with E-state index in [-0.39, 0.29) is 12.7 Å². The summed E-state index contributed by atoms with van der Waals surface area (Å²) in [5.41, 5.74) is 0. The number of hydrogen-bond donors (Lipinski definition) is 4. The monoisotopic (exact) mass is 260 g/mol. The zero-order valence-electron chi connectivity index (χ0n) is 10.6. The summed E-state index contributed by atoms with van der Waals surface area (Å²) in [6, 6.07) is 0. The lowest BCUT2D eigenvalue weighted by atomic mass is 9.81. The van der Waals surface area contributed by atoms with Crippen LogP contribution in [0, 0.1) is 5.92 Å². The summed E-state index contributed by atoms with van der Waals surface area (Å²) in [5.74, 6) is -0.419. The van der Waals surface area contributed by atoms with Crippen LogP contribution in [0.1, 0.15) is 38.5 Å². The van der Waals surface area contributed by atoms with Crippen molar-refractivity contribution in [2.45, 2.75) is 69.0 Å². The normalized spacial score (nSPS) is 43.0. The third-order valence-corrected chi connectivity index (χ3v) is 4.25. The molecular weight excluding hydrogens is 236 g/mol. The van der Waals surface area contributed by atoms with Gasteiger partial charge in [0.1, 0.15) is 12.2 Å². The lowest BCUT2D eigenvalue weighted by molar-refractivity contribution is -0.192. The zero-order valence-corrected chi connectivity index (χ0v) is 10.6. The second-order valence-corrected chi connectivity index (χ2v) is 5.58. The minimum absolute atomic E-state index is 0.139. The van der Waals surface area contributed by atoms with E-state index in [1.54, 1.807) is 0 Å². The standard InChI is InChI=1S/C13H24O5/c14-7-8-6-10(12(16)13(17)11(8)15)18-9-4-2-1-3-5-9/h8-17H,1-7H2/t8?,10?,11?,12-,13+/m1/s1. The fourth-order valence-corrected chi connectivity index (χ4v) is 3.05. The van der Waals surface area contributed by atoms with Gasteiger partial charge in [-0.15, -0.1) is 0 Å². The Balaban J connectivity index is 1.93. The first-order valence-corrected chi connectivity index (χ1v) is 6.94. The average Bonchev–Trinajstić information content (AvgIpc) is 2.40. The summed E-state index contributed by atoms with van der Waals surface area (Å²) in [7, 11) is 0. The van der Waals surface area contributed by atoms with Crippen molar-refractivity contribution in [3.05, 3.63) is 0 Å². The van der Waals surface area contributed by atoms with Crippen LogP contribution < -0.4 is 0 Å². The molecule has 106 valence electrons. The molecule has 0 amide bonds. The van der Waals surface area contributed by atoms with Crippen LogP contribution >= 0.6 is 0 Å². The summed E-state index contributed by atoms with van der Waals surface area (Å²) < 4.78 is 5.86. The molecule has 5 heteroatoms. The van der Waals surface area contributed by atoms with Gasteiger partial charge in [0.25, 0.3) is 0 Å². The first kappa shape index (κ1) is 14.2. The maximum Gasteiger partial charge on any atom is 0.109 e. The Morgan fingerprint density at radius 1 is 0.889 bits per heavy atom. The quantitative estimate of drug-likeness (QED) is 0.564. The second kappa shape index (κ2) is 6.30. The van der Waals surface area contributed by atoms with E-state index in [1.165, 1.54) is 6.42 Å². The molecule has 0 radical (unpaired) electrons. The summed E-state index contributed by atoms with van der Waals surface area (Å²) in [5, 5.41) is 38.6. The highest BCUT2D eigenvalue weighted by Gasteiger charge is 2.43. The van der Waals surface area contributed by atoms with Crippen LogP contribution in [-0.4, -0.2) is 57.6 Å². The first-order valence-electron chi connectivity index (χ1n) is 6.94. The Bertz CT molecular complexity index is 252. The van der Waals surface area contributed by atoms with Crippen molar-refractivity contribution < 1.29 is 25.2 Å². The van der Waals surface area contributed by atoms with Crippen molar-refractivity contribution in [2.75, 3.05) is 6.61 Å². The molecule has 2 rings (SSSR count). The van der Waals surface area contributed by atoms with Crippen LogP contribution in [0.3, 0.4) is 0 Å². The fraction of sp³-hybridized carbons (Fsp3) is 1.00. The van der Waals surface area contributed by atoms with E-state index in [4.69, 9.17) is 4.74 Å². The Hall–Kier alpha value is -0.200. The van der Waals surface area contributed by atoms with Crippen molar-refractivity contribution in [3.63, 3.8) is 0 Å². The summed E-state index contributed by atoms with van der Waals surface area (Å²) >= 11 is 0. The van der Waals surface area contributed by atoms with Crippen molar-refractivity contribution in [3.8, 4) is 0 Å². The van der Waals surface area contributed by atoms with E-state index in [0.717, 1.165) is 25.7 Å². The van der Waals surface area contributed by atoms with Gasteiger partial charge in [-0.1, -0.05) is 19.3 Å². The maximum atomic E-state index is 9.94. The summed E-state index contributed by atoms with van der Waals surface area (Å²) in [6.45, 7) is -0.199. The van der Waals surface area contributed by atoms with E-state index >= 15 is 0 Å². The third-order valence-electron chi connectivity index (χ3n) is 4.25. The molecular formula is C13H24O5. The zero-order chi connectivity index (χ0) is 13.1. The van der Waals surface area contributed by atoms with Crippen LogP contribution in [0.25, 0.3) is 0 Å².